The van der Waals surface area contributed by atoms with Gasteiger partial charge in [-0.1, -0.05) is 49.4 Å². The largest absolute Gasteiger partial charge is 0.415 e. The van der Waals surface area contributed by atoms with Crippen LogP contribution < -0.4 is 5.19 Å². The Kier molecular flexibility index (Phi) is 7.69. The molecular weight excluding hydrogens is 332 g/mol. The second-order valence-electron chi connectivity index (χ2n) is 7.55. The lowest BCUT2D eigenvalue weighted by molar-refractivity contribution is 0.111. The monoisotopic (exact) mass is 366 g/mol. The van der Waals surface area contributed by atoms with Crippen LogP contribution in [0.25, 0.3) is 0 Å². The van der Waals surface area contributed by atoms with Crippen LogP contribution in [0.4, 0.5) is 0 Å². The first kappa shape index (κ1) is 19.9. The molecule has 0 N–H and O–H groups in total. The molecule has 1 aliphatic rings. The van der Waals surface area contributed by atoms with Gasteiger partial charge in [-0.25, -0.2) is 0 Å². The van der Waals surface area contributed by atoms with Crippen molar-refractivity contribution in [2.75, 3.05) is 19.8 Å². The highest BCUT2D eigenvalue weighted by atomic mass is 28.4. The van der Waals surface area contributed by atoms with E-state index in [9.17, 15) is 0 Å². The third kappa shape index (κ3) is 6.80. The predicted molar refractivity (Wildman–Crippen MR) is 106 cm³/mol. The van der Waals surface area contributed by atoms with E-state index >= 15 is 0 Å². The number of rotatable bonds is 12. The molecule has 1 aliphatic heterocycles. The summed E-state index contributed by atoms with van der Waals surface area (Å²) < 4.78 is 17.7. The zero-order valence-electron chi connectivity index (χ0n) is 15.8. The maximum Gasteiger partial charge on any atom is 0.187 e. The first-order valence-corrected chi connectivity index (χ1v) is 13.9. The molecule has 0 spiro atoms. The molecule has 1 aromatic carbocycles. The summed E-state index contributed by atoms with van der Waals surface area (Å²) >= 11 is 0. The fourth-order valence-corrected chi connectivity index (χ4v) is 9.04. The first-order chi connectivity index (χ1) is 11.5. The molecule has 0 amide bonds. The van der Waals surface area contributed by atoms with Gasteiger partial charge in [0, 0.05) is 11.8 Å². The lowest BCUT2D eigenvalue weighted by Crippen LogP contribution is -2.51. The molecule has 1 fully saturated rings. The predicted octanol–water partition coefficient (Wildman–Crippen LogP) is 3.02. The summed E-state index contributed by atoms with van der Waals surface area (Å²) in [6, 6.07) is 12.1. The van der Waals surface area contributed by atoms with E-state index < -0.39 is 17.8 Å². The van der Waals surface area contributed by atoms with Crippen LogP contribution in [0.2, 0.25) is 19.1 Å². The average Bonchev–Trinajstić information content (AvgIpc) is 3.39. The Hall–Kier alpha value is -0.466. The highest BCUT2D eigenvalue weighted by Gasteiger charge is 2.35. The number of ether oxygens (including phenoxy) is 2. The summed E-state index contributed by atoms with van der Waals surface area (Å²) in [6.07, 6.45) is 3.71. The molecule has 0 saturated carbocycles. The molecule has 0 radical (unpaired) electrons. The number of benzene rings is 1. The Balaban J connectivity index is 1.84. The van der Waals surface area contributed by atoms with Crippen molar-refractivity contribution in [3.63, 3.8) is 0 Å². The number of epoxide rings is 1. The summed E-state index contributed by atoms with van der Waals surface area (Å²) in [5.41, 5.74) is 0. The minimum atomic E-state index is -1.67. The average molecular weight is 367 g/mol. The van der Waals surface area contributed by atoms with Crippen LogP contribution in [0.3, 0.4) is 0 Å². The quantitative estimate of drug-likeness (QED) is 0.324. The summed E-state index contributed by atoms with van der Waals surface area (Å²) in [5.74, 6) is 0. The van der Waals surface area contributed by atoms with Gasteiger partial charge in [-0.15, -0.1) is 0 Å². The van der Waals surface area contributed by atoms with E-state index in [2.05, 4.69) is 57.3 Å². The highest BCUT2D eigenvalue weighted by Crippen LogP contribution is 2.27. The smallest absolute Gasteiger partial charge is 0.187 e. The third-order valence-electron chi connectivity index (χ3n) is 4.92. The van der Waals surface area contributed by atoms with E-state index in [1.54, 1.807) is 0 Å². The Bertz CT molecular complexity index is 471. The van der Waals surface area contributed by atoms with Gasteiger partial charge in [-0.2, -0.15) is 0 Å². The zero-order valence-corrected chi connectivity index (χ0v) is 18.3. The molecule has 1 aromatic rings. The van der Waals surface area contributed by atoms with Gasteiger partial charge in [0.05, 0.1) is 22.7 Å². The van der Waals surface area contributed by atoms with E-state index in [4.69, 9.17) is 13.9 Å². The van der Waals surface area contributed by atoms with Gasteiger partial charge in [-0.3, -0.25) is 0 Å². The van der Waals surface area contributed by atoms with Crippen LogP contribution in [-0.4, -0.2) is 49.0 Å². The fourth-order valence-electron chi connectivity index (χ4n) is 3.26. The van der Waals surface area contributed by atoms with E-state index in [1.807, 2.05) is 0 Å². The van der Waals surface area contributed by atoms with E-state index in [0.717, 1.165) is 39.1 Å². The van der Waals surface area contributed by atoms with Gasteiger partial charge in [0.25, 0.3) is 0 Å². The minimum absolute atomic E-state index is 0.111. The minimum Gasteiger partial charge on any atom is -0.415 e. The lowest BCUT2D eigenvalue weighted by atomic mass is 10.2. The maximum absolute atomic E-state index is 6.89. The van der Waals surface area contributed by atoms with Crippen LogP contribution in [0.1, 0.15) is 33.1 Å². The normalized spacial score (nSPS) is 18.4. The van der Waals surface area contributed by atoms with Crippen LogP contribution >= 0.6 is 0 Å². The van der Waals surface area contributed by atoms with Crippen molar-refractivity contribution in [3.05, 3.63) is 30.3 Å². The molecule has 24 heavy (non-hydrogen) atoms. The molecular formula is C19H34O3Si2. The summed E-state index contributed by atoms with van der Waals surface area (Å²) in [7, 11) is -2.13. The van der Waals surface area contributed by atoms with Crippen molar-refractivity contribution in [1.29, 1.82) is 0 Å². The summed E-state index contributed by atoms with van der Waals surface area (Å²) in [6.45, 7) is 11.8. The molecule has 0 aliphatic carbocycles. The first-order valence-electron chi connectivity index (χ1n) is 9.42. The van der Waals surface area contributed by atoms with Gasteiger partial charge in [-0.05, 0) is 38.4 Å². The molecule has 0 aromatic heterocycles. The molecule has 5 heteroatoms. The van der Waals surface area contributed by atoms with Crippen molar-refractivity contribution in [1.82, 2.24) is 0 Å². The van der Waals surface area contributed by atoms with Gasteiger partial charge in [0.15, 0.2) is 8.32 Å². The van der Waals surface area contributed by atoms with E-state index in [0.29, 0.717) is 6.10 Å². The highest BCUT2D eigenvalue weighted by molar-refractivity contribution is 6.72. The number of hydrogen-bond acceptors (Lipinski definition) is 3. The van der Waals surface area contributed by atoms with Gasteiger partial charge < -0.3 is 13.9 Å². The van der Waals surface area contributed by atoms with Crippen molar-refractivity contribution in [2.24, 2.45) is 0 Å². The lowest BCUT2D eigenvalue weighted by Gasteiger charge is -2.40. The van der Waals surface area contributed by atoms with Gasteiger partial charge in [0.1, 0.15) is 6.10 Å². The summed E-state index contributed by atoms with van der Waals surface area (Å²) in [5, 5.41) is 1.62. The molecule has 1 unspecified atom stereocenters. The Morgan fingerprint density at radius 2 is 1.88 bits per heavy atom. The molecule has 1 saturated heterocycles. The molecule has 1 heterocycles. The summed E-state index contributed by atoms with van der Waals surface area (Å²) in [4.78, 5) is 0. The second kappa shape index (κ2) is 9.29. The Morgan fingerprint density at radius 1 is 1.21 bits per heavy atom. The molecule has 2 rings (SSSR count). The van der Waals surface area contributed by atoms with E-state index in [-0.39, 0.29) is 5.22 Å². The molecule has 0 bridgehead atoms. The third-order valence-corrected chi connectivity index (χ3v) is 10.4. The van der Waals surface area contributed by atoms with Crippen LogP contribution in [-0.2, 0) is 13.9 Å². The van der Waals surface area contributed by atoms with Crippen molar-refractivity contribution < 1.29 is 13.9 Å². The zero-order chi connectivity index (χ0) is 17.5. The number of hydrogen-bond donors (Lipinski definition) is 0. The Labute approximate surface area is 151 Å². The van der Waals surface area contributed by atoms with Crippen molar-refractivity contribution in [3.8, 4) is 0 Å². The standard InChI is InChI=1S/C19H34O3Si2/c1-5-19(6-2,23-18-11-8-7-9-12-18)22-24(3,4)14-10-13-20-15-17-16-21-17/h7-9,11-12,17H,5-6,10,13-16,23H2,1-4H3. The fraction of sp³-hybridized carbons (Fsp3) is 0.684. The van der Waals surface area contributed by atoms with E-state index in [1.165, 1.54) is 11.2 Å². The van der Waals surface area contributed by atoms with Crippen molar-refractivity contribution >= 4 is 23.0 Å². The Morgan fingerprint density at radius 3 is 2.46 bits per heavy atom. The second-order valence-corrected chi connectivity index (χ2v) is 14.2. The van der Waals surface area contributed by atoms with Crippen molar-refractivity contribution in [2.45, 2.75) is 63.6 Å². The van der Waals surface area contributed by atoms with Crippen LogP contribution in [0.5, 0.6) is 0 Å². The van der Waals surface area contributed by atoms with Crippen LogP contribution in [0, 0.1) is 0 Å². The molecule has 136 valence electrons. The van der Waals surface area contributed by atoms with Gasteiger partial charge >= 0.3 is 0 Å². The van der Waals surface area contributed by atoms with Gasteiger partial charge in [0.2, 0.25) is 0 Å². The topological polar surface area (TPSA) is 31.0 Å². The SMILES string of the molecule is CCC(CC)(O[Si](C)(C)CCCOCC1CO1)[SiH2]c1ccccc1. The molecule has 3 nitrogen and oxygen atoms in total. The maximum atomic E-state index is 6.89. The molecule has 1 atom stereocenters. The van der Waals surface area contributed by atoms with Crippen LogP contribution in [0.15, 0.2) is 30.3 Å².